The average Bonchev–Trinajstić information content (AvgIpc) is 3.01. The lowest BCUT2D eigenvalue weighted by Crippen LogP contribution is -1.98. The number of aryl methyl sites for hydroxylation is 2. The summed E-state index contributed by atoms with van der Waals surface area (Å²) in [6.07, 6.45) is 3.43. The van der Waals surface area contributed by atoms with E-state index in [-0.39, 0.29) is 28.7 Å². The minimum atomic E-state index is -1.14. The van der Waals surface area contributed by atoms with Crippen LogP contribution in [0.1, 0.15) is 33.4 Å². The van der Waals surface area contributed by atoms with Crippen molar-refractivity contribution in [3.8, 4) is 11.1 Å². The molecule has 0 heterocycles. The maximum absolute atomic E-state index is 14.7. The molecule has 0 aliphatic heterocycles. The normalized spacial score (nSPS) is 12.5. The lowest BCUT2D eigenvalue weighted by molar-refractivity contribution is 0.498. The Morgan fingerprint density at radius 3 is 1.96 bits per heavy atom. The Balaban J connectivity index is 1.81. The van der Waals surface area contributed by atoms with Crippen LogP contribution in [0.5, 0.6) is 0 Å². The van der Waals surface area contributed by atoms with Crippen LogP contribution >= 0.6 is 0 Å². The SMILES string of the molecule is Cc1ccc(/C=C/c2cc3c(c(F)c2F)-c2c(cc(C)c(F)c2F)C3)cc1. The molecule has 136 valence electrons. The zero-order valence-corrected chi connectivity index (χ0v) is 14.8. The molecule has 4 rings (SSSR count). The summed E-state index contributed by atoms with van der Waals surface area (Å²) >= 11 is 0. The molecule has 3 aromatic carbocycles. The maximum atomic E-state index is 14.7. The van der Waals surface area contributed by atoms with Crippen molar-refractivity contribution in [3.05, 3.63) is 93.0 Å². The van der Waals surface area contributed by atoms with Gasteiger partial charge in [-0.2, -0.15) is 0 Å². The van der Waals surface area contributed by atoms with Crippen molar-refractivity contribution >= 4 is 12.2 Å². The molecule has 0 spiro atoms. The van der Waals surface area contributed by atoms with E-state index in [1.54, 1.807) is 6.08 Å². The van der Waals surface area contributed by atoms with Gasteiger partial charge in [0.1, 0.15) is 0 Å². The first-order valence-corrected chi connectivity index (χ1v) is 8.60. The fraction of sp³-hybridized carbons (Fsp3) is 0.130. The van der Waals surface area contributed by atoms with Crippen LogP contribution < -0.4 is 0 Å². The molecule has 0 N–H and O–H groups in total. The van der Waals surface area contributed by atoms with E-state index in [0.29, 0.717) is 11.1 Å². The lowest BCUT2D eigenvalue weighted by atomic mass is 10.00. The van der Waals surface area contributed by atoms with Gasteiger partial charge in [-0.25, -0.2) is 17.6 Å². The second kappa shape index (κ2) is 6.38. The number of halogens is 4. The molecular weight excluding hydrogens is 352 g/mol. The molecule has 0 saturated carbocycles. The van der Waals surface area contributed by atoms with Crippen molar-refractivity contribution in [2.75, 3.05) is 0 Å². The van der Waals surface area contributed by atoms with Crippen LogP contribution in [0.4, 0.5) is 17.6 Å². The van der Waals surface area contributed by atoms with Gasteiger partial charge < -0.3 is 0 Å². The quantitative estimate of drug-likeness (QED) is 0.276. The van der Waals surface area contributed by atoms with Crippen molar-refractivity contribution in [1.29, 1.82) is 0 Å². The Hall–Kier alpha value is -2.88. The smallest absolute Gasteiger partial charge is 0.167 e. The van der Waals surface area contributed by atoms with E-state index in [2.05, 4.69) is 0 Å². The van der Waals surface area contributed by atoms with Gasteiger partial charge >= 0.3 is 0 Å². The predicted molar refractivity (Wildman–Crippen MR) is 99.4 cm³/mol. The Kier molecular flexibility index (Phi) is 4.14. The first-order valence-electron chi connectivity index (χ1n) is 8.60. The molecule has 3 aromatic rings. The van der Waals surface area contributed by atoms with Crippen LogP contribution in [0.15, 0.2) is 36.4 Å². The summed E-state index contributed by atoms with van der Waals surface area (Å²) in [5.74, 6) is -4.35. The summed E-state index contributed by atoms with van der Waals surface area (Å²) in [5.41, 5.74) is 2.77. The van der Waals surface area contributed by atoms with Crippen molar-refractivity contribution in [3.63, 3.8) is 0 Å². The van der Waals surface area contributed by atoms with Crippen LogP contribution in [0, 0.1) is 37.1 Å². The predicted octanol–water partition coefficient (Wildman–Crippen LogP) is 6.60. The summed E-state index contributed by atoms with van der Waals surface area (Å²) in [7, 11) is 0. The first-order chi connectivity index (χ1) is 12.9. The number of benzene rings is 3. The highest BCUT2D eigenvalue weighted by atomic mass is 19.2. The van der Waals surface area contributed by atoms with E-state index in [0.717, 1.165) is 11.1 Å². The van der Waals surface area contributed by atoms with Crippen molar-refractivity contribution < 1.29 is 17.6 Å². The van der Waals surface area contributed by atoms with E-state index >= 15 is 0 Å². The average molecular weight is 368 g/mol. The van der Waals surface area contributed by atoms with Gasteiger partial charge in [-0.1, -0.05) is 48.0 Å². The van der Waals surface area contributed by atoms with E-state index < -0.39 is 23.3 Å². The molecule has 0 bridgehead atoms. The highest BCUT2D eigenvalue weighted by Crippen LogP contribution is 2.43. The minimum Gasteiger partial charge on any atom is -0.203 e. The molecule has 0 atom stereocenters. The van der Waals surface area contributed by atoms with Gasteiger partial charge in [-0.15, -0.1) is 0 Å². The van der Waals surface area contributed by atoms with Gasteiger partial charge in [-0.05, 0) is 48.6 Å². The highest BCUT2D eigenvalue weighted by Gasteiger charge is 2.30. The third-order valence-corrected chi connectivity index (χ3v) is 4.95. The number of fused-ring (bicyclic) bond motifs is 3. The van der Waals surface area contributed by atoms with E-state index in [4.69, 9.17) is 0 Å². The van der Waals surface area contributed by atoms with Gasteiger partial charge in [0.2, 0.25) is 0 Å². The van der Waals surface area contributed by atoms with Gasteiger partial charge in [0, 0.05) is 16.7 Å². The number of hydrogen-bond donors (Lipinski definition) is 0. The van der Waals surface area contributed by atoms with Crippen LogP contribution in [0.3, 0.4) is 0 Å². The van der Waals surface area contributed by atoms with Crippen LogP contribution in [0.2, 0.25) is 0 Å². The molecule has 1 aliphatic rings. The zero-order valence-electron chi connectivity index (χ0n) is 14.8. The molecule has 0 amide bonds. The molecule has 1 aliphatic carbocycles. The van der Waals surface area contributed by atoms with E-state index in [1.165, 1.54) is 25.1 Å². The first kappa shape index (κ1) is 17.5. The molecule has 0 unspecified atom stereocenters. The Morgan fingerprint density at radius 1 is 0.704 bits per heavy atom. The van der Waals surface area contributed by atoms with Crippen LogP contribution in [-0.2, 0) is 6.42 Å². The fourth-order valence-corrected chi connectivity index (χ4v) is 3.53. The molecule has 4 heteroatoms. The third kappa shape index (κ3) is 2.85. The molecule has 0 aromatic heterocycles. The lowest BCUT2D eigenvalue weighted by Gasteiger charge is -2.09. The largest absolute Gasteiger partial charge is 0.203 e. The van der Waals surface area contributed by atoms with E-state index in [9.17, 15) is 17.6 Å². The Morgan fingerprint density at radius 2 is 1.30 bits per heavy atom. The summed E-state index contributed by atoms with van der Waals surface area (Å²) in [5, 5.41) is 0. The summed E-state index contributed by atoms with van der Waals surface area (Å²) < 4.78 is 57.6. The molecule has 0 radical (unpaired) electrons. The molecular formula is C23H16F4. The van der Waals surface area contributed by atoms with Crippen molar-refractivity contribution in [1.82, 2.24) is 0 Å². The molecule has 27 heavy (non-hydrogen) atoms. The summed E-state index contributed by atoms with van der Waals surface area (Å²) in [6, 6.07) is 10.6. The second-order valence-corrected chi connectivity index (χ2v) is 6.90. The number of rotatable bonds is 2. The minimum absolute atomic E-state index is 0.0808. The topological polar surface area (TPSA) is 0 Å². The fourth-order valence-electron chi connectivity index (χ4n) is 3.53. The maximum Gasteiger partial charge on any atom is 0.167 e. The van der Waals surface area contributed by atoms with Crippen LogP contribution in [-0.4, -0.2) is 0 Å². The standard InChI is InChI=1S/C23H16F4/c1-12-3-5-14(6-4-12)7-8-15-10-17-11-16-9-13(2)20(24)22(26)18(16)19(17)23(27)21(15)25/h3-10H,11H2,1-2H3/b8-7+. The molecule has 0 nitrogen and oxygen atoms in total. The highest BCUT2D eigenvalue weighted by molar-refractivity contribution is 5.81. The monoisotopic (exact) mass is 368 g/mol. The van der Waals surface area contributed by atoms with Gasteiger partial charge in [0.15, 0.2) is 23.3 Å². The molecule has 0 saturated heterocycles. The van der Waals surface area contributed by atoms with Gasteiger partial charge in [0.05, 0.1) is 0 Å². The van der Waals surface area contributed by atoms with Crippen LogP contribution in [0.25, 0.3) is 23.3 Å². The van der Waals surface area contributed by atoms with Crippen molar-refractivity contribution in [2.24, 2.45) is 0 Å². The summed E-state index contributed by atoms with van der Waals surface area (Å²) in [4.78, 5) is 0. The number of hydrogen-bond acceptors (Lipinski definition) is 0. The Labute approximate surface area is 154 Å². The van der Waals surface area contributed by atoms with Crippen molar-refractivity contribution in [2.45, 2.75) is 20.3 Å². The van der Waals surface area contributed by atoms with Gasteiger partial charge in [-0.3, -0.25) is 0 Å². The van der Waals surface area contributed by atoms with Gasteiger partial charge in [0.25, 0.3) is 0 Å². The Bertz CT molecular complexity index is 1090. The van der Waals surface area contributed by atoms with E-state index in [1.807, 2.05) is 31.2 Å². The third-order valence-electron chi connectivity index (χ3n) is 4.95. The zero-order chi connectivity index (χ0) is 19.3. The second-order valence-electron chi connectivity index (χ2n) is 6.90. The summed E-state index contributed by atoms with van der Waals surface area (Å²) in [6.45, 7) is 3.42. The molecule has 0 fully saturated rings.